The largest absolute Gasteiger partial charge is 0.465 e. The fraction of sp³-hybridized carbons (Fsp3) is 0.714. The molecule has 7 heteroatoms. The van der Waals surface area contributed by atoms with Crippen molar-refractivity contribution in [2.45, 2.75) is 53.0 Å². The number of carbonyl (C=O) groups is 1. The van der Waals surface area contributed by atoms with Crippen LogP contribution in [0, 0.1) is 6.92 Å². The average Bonchev–Trinajstić information content (AvgIpc) is 3.35. The van der Waals surface area contributed by atoms with E-state index in [9.17, 15) is 4.79 Å². The molecular formula is C21H37N5O2. The Kier molecular flexibility index (Phi) is 9.34. The van der Waals surface area contributed by atoms with Crippen molar-refractivity contribution in [3.63, 3.8) is 0 Å². The van der Waals surface area contributed by atoms with Crippen LogP contribution in [0.3, 0.4) is 0 Å². The lowest BCUT2D eigenvalue weighted by Gasteiger charge is -2.25. The number of furan rings is 1. The molecule has 1 aliphatic rings. The second-order valence-electron chi connectivity index (χ2n) is 7.17. The van der Waals surface area contributed by atoms with Crippen molar-refractivity contribution in [1.29, 1.82) is 0 Å². The Morgan fingerprint density at radius 1 is 1.21 bits per heavy atom. The number of amides is 1. The predicted molar refractivity (Wildman–Crippen MR) is 114 cm³/mol. The first kappa shape index (κ1) is 22.3. The summed E-state index contributed by atoms with van der Waals surface area (Å²) in [5.41, 5.74) is 0. The van der Waals surface area contributed by atoms with E-state index in [1.807, 2.05) is 38.7 Å². The minimum atomic E-state index is 0.156. The van der Waals surface area contributed by atoms with Gasteiger partial charge in [-0.1, -0.05) is 0 Å². The minimum Gasteiger partial charge on any atom is -0.465 e. The molecule has 2 heterocycles. The highest BCUT2D eigenvalue weighted by atomic mass is 16.3. The fourth-order valence-electron chi connectivity index (χ4n) is 3.61. The Balaban J connectivity index is 1.97. The van der Waals surface area contributed by atoms with Gasteiger partial charge in [0.05, 0.1) is 12.6 Å². The van der Waals surface area contributed by atoms with Gasteiger partial charge in [-0.25, -0.2) is 0 Å². The number of rotatable bonds is 10. The Hall–Kier alpha value is -2.02. The standard InChI is InChI=1S/C21H37N5O2/c1-5-22-21(23-13-12-20(27)25(6-2)7-3)24-16-18(26-14-8-9-15-26)19-11-10-17(4)28-19/h10-11,18H,5-9,12-16H2,1-4H3,(H2,22,23,24). The van der Waals surface area contributed by atoms with Gasteiger partial charge in [0.25, 0.3) is 0 Å². The summed E-state index contributed by atoms with van der Waals surface area (Å²) in [5, 5.41) is 6.58. The molecule has 1 aliphatic heterocycles. The van der Waals surface area contributed by atoms with Crippen LogP contribution in [0.5, 0.6) is 0 Å². The maximum absolute atomic E-state index is 12.2. The minimum absolute atomic E-state index is 0.156. The number of hydrogen-bond acceptors (Lipinski definition) is 4. The molecule has 1 aromatic rings. The molecule has 1 unspecified atom stereocenters. The van der Waals surface area contributed by atoms with Gasteiger partial charge in [-0.2, -0.15) is 0 Å². The monoisotopic (exact) mass is 391 g/mol. The van der Waals surface area contributed by atoms with Gasteiger partial charge in [0.1, 0.15) is 11.5 Å². The zero-order valence-corrected chi connectivity index (χ0v) is 18.0. The third-order valence-electron chi connectivity index (χ3n) is 5.19. The first-order valence-electron chi connectivity index (χ1n) is 10.7. The molecule has 0 spiro atoms. The molecular weight excluding hydrogens is 354 g/mol. The van der Waals surface area contributed by atoms with Gasteiger partial charge in [-0.15, -0.1) is 0 Å². The number of nitrogens with zero attached hydrogens (tertiary/aromatic N) is 3. The van der Waals surface area contributed by atoms with Crippen molar-refractivity contribution in [3.05, 3.63) is 23.7 Å². The fourth-order valence-corrected chi connectivity index (χ4v) is 3.61. The number of hydrogen-bond donors (Lipinski definition) is 2. The molecule has 158 valence electrons. The quantitative estimate of drug-likeness (QED) is 0.474. The van der Waals surface area contributed by atoms with Crippen molar-refractivity contribution in [2.75, 3.05) is 45.8 Å². The number of aryl methyl sites for hydroxylation is 1. The third-order valence-corrected chi connectivity index (χ3v) is 5.19. The molecule has 1 fully saturated rings. The molecule has 0 aliphatic carbocycles. The van der Waals surface area contributed by atoms with Crippen molar-refractivity contribution in [2.24, 2.45) is 4.99 Å². The van der Waals surface area contributed by atoms with Crippen LogP contribution >= 0.6 is 0 Å². The molecule has 0 radical (unpaired) electrons. The molecule has 1 atom stereocenters. The number of aliphatic imine (C=N–C) groups is 1. The Labute approximate surface area is 169 Å². The van der Waals surface area contributed by atoms with E-state index < -0.39 is 0 Å². The van der Waals surface area contributed by atoms with Crippen LogP contribution in [0.2, 0.25) is 0 Å². The Morgan fingerprint density at radius 2 is 1.93 bits per heavy atom. The van der Waals surface area contributed by atoms with E-state index in [-0.39, 0.29) is 11.9 Å². The van der Waals surface area contributed by atoms with Gasteiger partial charge in [0.15, 0.2) is 5.96 Å². The summed E-state index contributed by atoms with van der Waals surface area (Å²) in [6.07, 6.45) is 2.93. The van der Waals surface area contributed by atoms with Crippen LogP contribution in [0.1, 0.15) is 57.6 Å². The number of nitrogens with one attached hydrogen (secondary N) is 2. The highest BCUT2D eigenvalue weighted by molar-refractivity contribution is 5.81. The summed E-state index contributed by atoms with van der Waals surface area (Å²) in [7, 11) is 0. The third kappa shape index (κ3) is 6.55. The summed E-state index contributed by atoms with van der Waals surface area (Å²) in [6, 6.07) is 4.24. The molecule has 2 N–H and O–H groups in total. The SMILES string of the molecule is CCNC(=NCC(c1ccc(C)o1)N1CCCC1)NCCC(=O)N(CC)CC. The van der Waals surface area contributed by atoms with E-state index in [4.69, 9.17) is 9.41 Å². The van der Waals surface area contributed by atoms with E-state index in [2.05, 4.69) is 21.6 Å². The first-order chi connectivity index (χ1) is 13.6. The molecule has 1 aromatic heterocycles. The van der Waals surface area contributed by atoms with Gasteiger partial charge in [-0.3, -0.25) is 14.7 Å². The molecule has 0 aromatic carbocycles. The maximum atomic E-state index is 12.2. The second kappa shape index (κ2) is 11.7. The number of carbonyl (C=O) groups excluding carboxylic acids is 1. The van der Waals surface area contributed by atoms with Crippen molar-refractivity contribution in [3.8, 4) is 0 Å². The molecule has 28 heavy (non-hydrogen) atoms. The van der Waals surface area contributed by atoms with Crippen LogP contribution in [-0.2, 0) is 4.79 Å². The molecule has 7 nitrogen and oxygen atoms in total. The maximum Gasteiger partial charge on any atom is 0.224 e. The van der Waals surface area contributed by atoms with Gasteiger partial charge < -0.3 is 20.0 Å². The van der Waals surface area contributed by atoms with Gasteiger partial charge in [0, 0.05) is 32.6 Å². The van der Waals surface area contributed by atoms with Crippen molar-refractivity contribution < 1.29 is 9.21 Å². The Bertz CT molecular complexity index is 618. The van der Waals surface area contributed by atoms with Crippen molar-refractivity contribution in [1.82, 2.24) is 20.4 Å². The second-order valence-corrected chi connectivity index (χ2v) is 7.17. The van der Waals surface area contributed by atoms with Gasteiger partial charge in [-0.05, 0) is 65.8 Å². The van der Waals surface area contributed by atoms with E-state index in [1.165, 1.54) is 12.8 Å². The van der Waals surface area contributed by atoms with Crippen LogP contribution in [0.4, 0.5) is 0 Å². The van der Waals surface area contributed by atoms with Crippen LogP contribution in [-0.4, -0.2) is 67.5 Å². The smallest absolute Gasteiger partial charge is 0.224 e. The summed E-state index contributed by atoms with van der Waals surface area (Å²) < 4.78 is 5.91. The van der Waals surface area contributed by atoms with E-state index in [0.29, 0.717) is 19.5 Å². The van der Waals surface area contributed by atoms with Gasteiger partial charge in [0.2, 0.25) is 5.91 Å². The lowest BCUT2D eigenvalue weighted by Crippen LogP contribution is -2.40. The van der Waals surface area contributed by atoms with E-state index >= 15 is 0 Å². The molecule has 2 rings (SSSR count). The zero-order chi connectivity index (χ0) is 20.4. The predicted octanol–water partition coefficient (Wildman–Crippen LogP) is 2.54. The summed E-state index contributed by atoms with van der Waals surface area (Å²) in [4.78, 5) is 21.3. The molecule has 1 saturated heterocycles. The Morgan fingerprint density at radius 3 is 2.50 bits per heavy atom. The lowest BCUT2D eigenvalue weighted by atomic mass is 10.2. The van der Waals surface area contributed by atoms with Crippen molar-refractivity contribution >= 4 is 11.9 Å². The highest BCUT2D eigenvalue weighted by Crippen LogP contribution is 2.26. The zero-order valence-electron chi connectivity index (χ0n) is 18.0. The first-order valence-corrected chi connectivity index (χ1v) is 10.7. The average molecular weight is 392 g/mol. The topological polar surface area (TPSA) is 73.1 Å². The van der Waals surface area contributed by atoms with Crippen LogP contribution in [0.25, 0.3) is 0 Å². The highest BCUT2D eigenvalue weighted by Gasteiger charge is 2.25. The van der Waals surface area contributed by atoms with Crippen LogP contribution in [0.15, 0.2) is 21.5 Å². The van der Waals surface area contributed by atoms with E-state index in [1.54, 1.807) is 0 Å². The summed E-state index contributed by atoms with van der Waals surface area (Å²) in [5.74, 6) is 2.84. The summed E-state index contributed by atoms with van der Waals surface area (Å²) in [6.45, 7) is 13.7. The lowest BCUT2D eigenvalue weighted by molar-refractivity contribution is -0.130. The molecule has 1 amide bonds. The number of guanidine groups is 1. The summed E-state index contributed by atoms with van der Waals surface area (Å²) >= 11 is 0. The van der Waals surface area contributed by atoms with Gasteiger partial charge >= 0.3 is 0 Å². The normalized spacial score (nSPS) is 16.2. The number of likely N-dealkylation sites (tertiary alicyclic amines) is 1. The molecule has 0 saturated carbocycles. The molecule has 0 bridgehead atoms. The van der Waals surface area contributed by atoms with E-state index in [0.717, 1.165) is 50.2 Å². The van der Waals surface area contributed by atoms with Crippen LogP contribution < -0.4 is 10.6 Å².